The predicted octanol–water partition coefficient (Wildman–Crippen LogP) is 2.61. The van der Waals surface area contributed by atoms with E-state index in [9.17, 15) is 9.59 Å². The molecule has 0 unspecified atom stereocenters. The van der Waals surface area contributed by atoms with E-state index in [0.717, 1.165) is 27.8 Å². The topological polar surface area (TPSA) is 89.6 Å². The van der Waals surface area contributed by atoms with Crippen LogP contribution in [-0.2, 0) is 9.59 Å². The van der Waals surface area contributed by atoms with Crippen LogP contribution in [0, 0.1) is 0 Å². The van der Waals surface area contributed by atoms with Gasteiger partial charge in [-0.05, 0) is 41.7 Å². The molecular formula is C17H19NO4. The van der Waals surface area contributed by atoms with Crippen LogP contribution in [0.25, 0.3) is 11.1 Å². The monoisotopic (exact) mass is 301 g/mol. The Labute approximate surface area is 129 Å². The van der Waals surface area contributed by atoms with E-state index in [1.807, 2.05) is 25.1 Å². The lowest BCUT2D eigenvalue weighted by molar-refractivity contribution is -0.137. The van der Waals surface area contributed by atoms with Gasteiger partial charge in [0.2, 0.25) is 5.91 Å². The summed E-state index contributed by atoms with van der Waals surface area (Å²) in [5.74, 6) is -0.617. The third-order valence-corrected chi connectivity index (χ3v) is 3.70. The Morgan fingerprint density at radius 2 is 2.09 bits per heavy atom. The molecule has 2 rings (SSSR count). The fourth-order valence-electron chi connectivity index (χ4n) is 2.59. The van der Waals surface area contributed by atoms with Crippen molar-refractivity contribution in [1.29, 1.82) is 0 Å². The Morgan fingerprint density at radius 1 is 1.36 bits per heavy atom. The van der Waals surface area contributed by atoms with Gasteiger partial charge < -0.3 is 15.6 Å². The average molecular weight is 301 g/mol. The van der Waals surface area contributed by atoms with Gasteiger partial charge in [0.15, 0.2) is 0 Å². The molecule has 1 amide bonds. The summed E-state index contributed by atoms with van der Waals surface area (Å²) >= 11 is 0. The third kappa shape index (κ3) is 3.19. The summed E-state index contributed by atoms with van der Waals surface area (Å²) in [6.45, 7) is 6.27. The Morgan fingerprint density at radius 3 is 2.73 bits per heavy atom. The first-order valence-electron chi connectivity index (χ1n) is 7.07. The molecule has 0 radical (unpaired) electrons. The number of amides is 1. The number of rotatable bonds is 7. The molecule has 1 aliphatic rings. The minimum atomic E-state index is -0.847. The van der Waals surface area contributed by atoms with Crippen molar-refractivity contribution < 1.29 is 19.4 Å². The van der Waals surface area contributed by atoms with Gasteiger partial charge in [-0.25, -0.2) is 0 Å². The van der Waals surface area contributed by atoms with Gasteiger partial charge in [0.25, 0.3) is 0 Å². The maximum atomic E-state index is 11.3. The van der Waals surface area contributed by atoms with E-state index in [0.29, 0.717) is 18.8 Å². The van der Waals surface area contributed by atoms with Gasteiger partial charge in [0.1, 0.15) is 5.75 Å². The highest BCUT2D eigenvalue weighted by Crippen LogP contribution is 2.45. The molecule has 3 N–H and O–H groups in total. The van der Waals surface area contributed by atoms with E-state index >= 15 is 0 Å². The number of hydrogen-bond acceptors (Lipinski definition) is 3. The van der Waals surface area contributed by atoms with E-state index < -0.39 is 11.9 Å². The summed E-state index contributed by atoms with van der Waals surface area (Å²) in [6.07, 6.45) is 0.617. The number of carbonyl (C=O) groups excluding carboxylic acids is 1. The lowest BCUT2D eigenvalue weighted by Gasteiger charge is -2.13. The minimum absolute atomic E-state index is 0.0603. The number of benzene rings is 1. The first-order chi connectivity index (χ1) is 10.4. The summed E-state index contributed by atoms with van der Waals surface area (Å²) in [5, 5.41) is 8.65. The highest BCUT2D eigenvalue weighted by atomic mass is 16.5. The Kier molecular flexibility index (Phi) is 4.65. The molecule has 116 valence electrons. The second-order valence-corrected chi connectivity index (χ2v) is 5.25. The number of aliphatic carboxylic acids is 1. The van der Waals surface area contributed by atoms with Crippen LogP contribution in [0.1, 0.15) is 37.3 Å². The molecular weight excluding hydrogens is 282 g/mol. The molecule has 1 aliphatic carbocycles. The number of ether oxygens (including phenoxy) is 1. The predicted molar refractivity (Wildman–Crippen MR) is 84.2 cm³/mol. The Bertz CT molecular complexity index is 673. The standard InChI is InChI=1S/C17H19NO4/c1-10-11(2)13(9-15(18)19)17-12(10)5-3-6-14(17)22-8-4-7-16(20)21/h3,5-6H,1,4,7-9H2,2H3,(H2,18,19)(H,20,21). The molecule has 22 heavy (non-hydrogen) atoms. The van der Waals surface area contributed by atoms with E-state index in [1.165, 1.54) is 0 Å². The van der Waals surface area contributed by atoms with Crippen LogP contribution in [0.3, 0.4) is 0 Å². The average Bonchev–Trinajstić information content (AvgIpc) is 2.69. The second kappa shape index (κ2) is 6.47. The summed E-state index contributed by atoms with van der Waals surface area (Å²) in [5.41, 5.74) is 9.75. The maximum Gasteiger partial charge on any atom is 0.303 e. The van der Waals surface area contributed by atoms with Gasteiger partial charge in [0.05, 0.1) is 13.0 Å². The summed E-state index contributed by atoms with van der Waals surface area (Å²) in [7, 11) is 0. The Balaban J connectivity index is 2.26. The molecule has 1 aromatic carbocycles. The molecule has 5 heteroatoms. The first kappa shape index (κ1) is 15.8. The van der Waals surface area contributed by atoms with Crippen molar-refractivity contribution in [3.05, 3.63) is 41.5 Å². The molecule has 0 saturated carbocycles. The fraction of sp³-hybridized carbons (Fsp3) is 0.294. The normalized spacial score (nSPS) is 13.2. The molecule has 1 aromatic rings. The zero-order chi connectivity index (χ0) is 16.3. The van der Waals surface area contributed by atoms with Crippen LogP contribution in [0.5, 0.6) is 5.75 Å². The first-order valence-corrected chi connectivity index (χ1v) is 7.07. The third-order valence-electron chi connectivity index (χ3n) is 3.70. The van der Waals surface area contributed by atoms with E-state index in [1.54, 1.807) is 0 Å². The van der Waals surface area contributed by atoms with Crippen LogP contribution in [0.4, 0.5) is 0 Å². The highest BCUT2D eigenvalue weighted by molar-refractivity contribution is 6.04. The van der Waals surface area contributed by atoms with Crippen LogP contribution >= 0.6 is 0 Å². The molecule has 0 aromatic heterocycles. The molecule has 0 aliphatic heterocycles. The smallest absolute Gasteiger partial charge is 0.303 e. The zero-order valence-corrected chi connectivity index (χ0v) is 12.5. The minimum Gasteiger partial charge on any atom is -0.493 e. The number of carboxylic acids is 1. The molecule has 0 saturated heterocycles. The quantitative estimate of drug-likeness (QED) is 0.757. The number of primary amides is 1. The van der Waals surface area contributed by atoms with Gasteiger partial charge >= 0.3 is 5.97 Å². The van der Waals surface area contributed by atoms with Crippen molar-refractivity contribution in [1.82, 2.24) is 0 Å². The molecule has 0 heterocycles. The van der Waals surface area contributed by atoms with Gasteiger partial charge in [-0.1, -0.05) is 18.7 Å². The number of carbonyl (C=O) groups is 2. The summed E-state index contributed by atoms with van der Waals surface area (Å²) < 4.78 is 5.72. The van der Waals surface area contributed by atoms with Crippen molar-refractivity contribution in [3.63, 3.8) is 0 Å². The second-order valence-electron chi connectivity index (χ2n) is 5.25. The maximum absolute atomic E-state index is 11.3. The van der Waals surface area contributed by atoms with Crippen LogP contribution < -0.4 is 10.5 Å². The van der Waals surface area contributed by atoms with Gasteiger partial charge in [0, 0.05) is 12.0 Å². The van der Waals surface area contributed by atoms with E-state index in [2.05, 4.69) is 6.58 Å². The van der Waals surface area contributed by atoms with Crippen molar-refractivity contribution in [3.8, 4) is 5.75 Å². The fourth-order valence-corrected chi connectivity index (χ4v) is 2.59. The Hall–Kier alpha value is -2.56. The summed E-state index contributed by atoms with van der Waals surface area (Å²) in [4.78, 5) is 21.8. The number of nitrogens with two attached hydrogens (primary N) is 1. The van der Waals surface area contributed by atoms with Crippen LogP contribution in [-0.4, -0.2) is 23.6 Å². The van der Waals surface area contributed by atoms with Crippen molar-refractivity contribution in [2.75, 3.05) is 6.61 Å². The number of allylic oxidation sites excluding steroid dienone is 2. The number of fused-ring (bicyclic) bond motifs is 1. The molecule has 0 atom stereocenters. The molecule has 0 fully saturated rings. The van der Waals surface area contributed by atoms with Gasteiger partial charge in [-0.3, -0.25) is 9.59 Å². The van der Waals surface area contributed by atoms with Gasteiger partial charge in [-0.2, -0.15) is 0 Å². The lowest BCUT2D eigenvalue weighted by Crippen LogP contribution is -2.11. The lowest BCUT2D eigenvalue weighted by atomic mass is 10.0. The number of carboxylic acid groups (broad SMARTS) is 1. The zero-order valence-electron chi connectivity index (χ0n) is 12.5. The molecule has 5 nitrogen and oxygen atoms in total. The molecule has 0 spiro atoms. The van der Waals surface area contributed by atoms with E-state index in [4.69, 9.17) is 15.6 Å². The van der Waals surface area contributed by atoms with Crippen LogP contribution in [0.2, 0.25) is 0 Å². The van der Waals surface area contributed by atoms with E-state index in [-0.39, 0.29) is 12.8 Å². The largest absolute Gasteiger partial charge is 0.493 e. The summed E-state index contributed by atoms with van der Waals surface area (Å²) in [6, 6.07) is 5.60. The molecule has 0 bridgehead atoms. The van der Waals surface area contributed by atoms with Crippen molar-refractivity contribution in [2.45, 2.75) is 26.2 Å². The van der Waals surface area contributed by atoms with Crippen molar-refractivity contribution in [2.24, 2.45) is 5.73 Å². The van der Waals surface area contributed by atoms with Crippen molar-refractivity contribution >= 4 is 23.0 Å². The SMILES string of the molecule is C=C1C(C)=C(CC(N)=O)c2c(OCCCC(=O)O)cccc21. The number of hydrogen-bond donors (Lipinski definition) is 2. The highest BCUT2D eigenvalue weighted by Gasteiger charge is 2.26. The van der Waals surface area contributed by atoms with Gasteiger partial charge in [-0.15, -0.1) is 0 Å². The van der Waals surface area contributed by atoms with Crippen LogP contribution in [0.15, 0.2) is 30.4 Å².